The van der Waals surface area contributed by atoms with Gasteiger partial charge in [0.25, 0.3) is 0 Å². The molecule has 1 fully saturated rings. The van der Waals surface area contributed by atoms with Crippen LogP contribution in [0, 0.1) is 0 Å². The average molecular weight is 268 g/mol. The van der Waals surface area contributed by atoms with Gasteiger partial charge in [0.1, 0.15) is 11.5 Å². The second-order valence-electron chi connectivity index (χ2n) is 4.94. The van der Waals surface area contributed by atoms with Crippen LogP contribution >= 0.6 is 11.8 Å². The topological polar surface area (TPSA) is 28.4 Å². The standard InChI is InChI=1S/C14H24N2OS/c1-3-6-15-9-13-4-5-14(17-13)10-16-7-8-18-11-12(16)2/h4-5,12,15H,3,6-11H2,1-2H3. The van der Waals surface area contributed by atoms with E-state index in [2.05, 4.69) is 48.0 Å². The number of thioether (sulfide) groups is 1. The lowest BCUT2D eigenvalue weighted by molar-refractivity contribution is 0.204. The van der Waals surface area contributed by atoms with Crippen LogP contribution in [0.25, 0.3) is 0 Å². The molecule has 1 atom stereocenters. The molecule has 0 amide bonds. The van der Waals surface area contributed by atoms with E-state index in [1.807, 2.05) is 0 Å². The molecule has 0 saturated carbocycles. The fraction of sp³-hybridized carbons (Fsp3) is 0.714. The smallest absolute Gasteiger partial charge is 0.118 e. The first kappa shape index (κ1) is 14.0. The van der Waals surface area contributed by atoms with Gasteiger partial charge in [0.2, 0.25) is 0 Å². The molecule has 1 aliphatic heterocycles. The molecule has 1 aromatic heterocycles. The molecule has 1 N–H and O–H groups in total. The SMILES string of the molecule is CCCNCc1ccc(CN2CCSCC2C)o1. The molecule has 2 heterocycles. The van der Waals surface area contributed by atoms with E-state index in [9.17, 15) is 0 Å². The van der Waals surface area contributed by atoms with Gasteiger partial charge in [-0.15, -0.1) is 0 Å². The zero-order valence-corrected chi connectivity index (χ0v) is 12.3. The largest absolute Gasteiger partial charge is 0.463 e. The summed E-state index contributed by atoms with van der Waals surface area (Å²) in [7, 11) is 0. The van der Waals surface area contributed by atoms with E-state index in [4.69, 9.17) is 4.42 Å². The molecule has 3 nitrogen and oxygen atoms in total. The van der Waals surface area contributed by atoms with Gasteiger partial charge in [-0.05, 0) is 32.0 Å². The first-order valence-electron chi connectivity index (χ1n) is 6.89. The van der Waals surface area contributed by atoms with Gasteiger partial charge in [-0.25, -0.2) is 0 Å². The zero-order valence-electron chi connectivity index (χ0n) is 11.4. The van der Waals surface area contributed by atoms with Crippen molar-refractivity contribution in [3.8, 4) is 0 Å². The van der Waals surface area contributed by atoms with Crippen LogP contribution < -0.4 is 5.32 Å². The summed E-state index contributed by atoms with van der Waals surface area (Å²) in [6, 6.07) is 4.88. The summed E-state index contributed by atoms with van der Waals surface area (Å²) in [6.45, 7) is 8.51. The molecule has 0 aliphatic carbocycles. The molecule has 0 spiro atoms. The summed E-state index contributed by atoms with van der Waals surface area (Å²) < 4.78 is 5.87. The molecule has 4 heteroatoms. The van der Waals surface area contributed by atoms with Gasteiger partial charge in [0, 0.05) is 24.1 Å². The van der Waals surface area contributed by atoms with Gasteiger partial charge < -0.3 is 9.73 Å². The van der Waals surface area contributed by atoms with E-state index in [0.717, 1.165) is 37.6 Å². The minimum absolute atomic E-state index is 0.663. The van der Waals surface area contributed by atoms with E-state index in [1.54, 1.807) is 0 Å². The molecule has 18 heavy (non-hydrogen) atoms. The fourth-order valence-electron chi connectivity index (χ4n) is 2.19. The Bertz CT molecular complexity index is 353. The maximum Gasteiger partial charge on any atom is 0.118 e. The highest BCUT2D eigenvalue weighted by Crippen LogP contribution is 2.19. The maximum atomic E-state index is 5.87. The Morgan fingerprint density at radius 3 is 3.06 bits per heavy atom. The van der Waals surface area contributed by atoms with Crippen LogP contribution in [0.15, 0.2) is 16.5 Å². The Balaban J connectivity index is 1.82. The Morgan fingerprint density at radius 1 is 1.44 bits per heavy atom. The Labute approximate surface area is 114 Å². The Kier molecular flexibility index (Phi) is 5.60. The molecule has 1 aromatic rings. The Hall–Kier alpha value is -0.450. The number of hydrogen-bond acceptors (Lipinski definition) is 4. The molecule has 1 unspecified atom stereocenters. The normalized spacial score (nSPS) is 21.3. The molecular weight excluding hydrogens is 244 g/mol. The molecule has 1 aliphatic rings. The van der Waals surface area contributed by atoms with Crippen LogP contribution in [0.5, 0.6) is 0 Å². The second-order valence-corrected chi connectivity index (χ2v) is 6.09. The van der Waals surface area contributed by atoms with E-state index in [0.29, 0.717) is 6.04 Å². The van der Waals surface area contributed by atoms with Gasteiger partial charge in [-0.2, -0.15) is 11.8 Å². The molecule has 0 radical (unpaired) electrons. The zero-order chi connectivity index (χ0) is 12.8. The van der Waals surface area contributed by atoms with Crippen LogP contribution in [0.2, 0.25) is 0 Å². The predicted octanol–water partition coefficient (Wildman–Crippen LogP) is 2.72. The number of nitrogens with one attached hydrogen (secondary N) is 1. The predicted molar refractivity (Wildman–Crippen MR) is 77.9 cm³/mol. The molecule has 1 saturated heterocycles. The van der Waals surface area contributed by atoms with E-state index in [1.165, 1.54) is 18.1 Å². The van der Waals surface area contributed by atoms with E-state index in [-0.39, 0.29) is 0 Å². The van der Waals surface area contributed by atoms with Crippen molar-refractivity contribution in [2.45, 2.75) is 39.4 Å². The van der Waals surface area contributed by atoms with Crippen LogP contribution in [-0.4, -0.2) is 35.5 Å². The quantitative estimate of drug-likeness (QED) is 0.803. The molecule has 2 rings (SSSR count). The van der Waals surface area contributed by atoms with Crippen molar-refractivity contribution in [3.63, 3.8) is 0 Å². The minimum Gasteiger partial charge on any atom is -0.463 e. The van der Waals surface area contributed by atoms with Crippen molar-refractivity contribution in [1.82, 2.24) is 10.2 Å². The molecular formula is C14H24N2OS. The van der Waals surface area contributed by atoms with Gasteiger partial charge in [0.15, 0.2) is 0 Å². The highest BCUT2D eigenvalue weighted by atomic mass is 32.2. The number of hydrogen-bond donors (Lipinski definition) is 1. The van der Waals surface area contributed by atoms with Gasteiger partial charge >= 0.3 is 0 Å². The third-order valence-corrected chi connectivity index (χ3v) is 4.50. The number of furan rings is 1. The van der Waals surface area contributed by atoms with Crippen molar-refractivity contribution < 1.29 is 4.42 Å². The van der Waals surface area contributed by atoms with Gasteiger partial charge in [-0.1, -0.05) is 6.92 Å². The average Bonchev–Trinajstić information content (AvgIpc) is 2.80. The van der Waals surface area contributed by atoms with Crippen molar-refractivity contribution in [1.29, 1.82) is 0 Å². The van der Waals surface area contributed by atoms with Crippen molar-refractivity contribution in [3.05, 3.63) is 23.7 Å². The maximum absolute atomic E-state index is 5.87. The monoisotopic (exact) mass is 268 g/mol. The highest BCUT2D eigenvalue weighted by Gasteiger charge is 2.19. The third kappa shape index (κ3) is 4.04. The van der Waals surface area contributed by atoms with Crippen LogP contribution in [-0.2, 0) is 13.1 Å². The first-order valence-corrected chi connectivity index (χ1v) is 8.05. The summed E-state index contributed by atoms with van der Waals surface area (Å²) in [4.78, 5) is 2.51. The lowest BCUT2D eigenvalue weighted by Crippen LogP contribution is -2.39. The number of rotatable bonds is 6. The second kappa shape index (κ2) is 7.22. The summed E-state index contributed by atoms with van der Waals surface area (Å²) in [5.74, 6) is 4.64. The van der Waals surface area contributed by atoms with E-state index < -0.39 is 0 Å². The summed E-state index contributed by atoms with van der Waals surface area (Å²) in [6.07, 6.45) is 1.16. The van der Waals surface area contributed by atoms with Gasteiger partial charge in [0.05, 0.1) is 13.1 Å². The molecule has 102 valence electrons. The first-order chi connectivity index (χ1) is 8.79. The lowest BCUT2D eigenvalue weighted by Gasteiger charge is -2.32. The summed E-state index contributed by atoms with van der Waals surface area (Å²) in [5.41, 5.74) is 0. The number of nitrogens with zero attached hydrogens (tertiary/aromatic N) is 1. The van der Waals surface area contributed by atoms with Crippen LogP contribution in [0.4, 0.5) is 0 Å². The lowest BCUT2D eigenvalue weighted by atomic mass is 10.3. The highest BCUT2D eigenvalue weighted by molar-refractivity contribution is 7.99. The van der Waals surface area contributed by atoms with Gasteiger partial charge in [-0.3, -0.25) is 4.90 Å². The van der Waals surface area contributed by atoms with Crippen molar-refractivity contribution in [2.24, 2.45) is 0 Å². The minimum atomic E-state index is 0.663. The summed E-state index contributed by atoms with van der Waals surface area (Å²) in [5, 5.41) is 3.37. The van der Waals surface area contributed by atoms with Crippen molar-refractivity contribution >= 4 is 11.8 Å². The molecule has 0 aromatic carbocycles. The van der Waals surface area contributed by atoms with Crippen molar-refractivity contribution in [2.75, 3.05) is 24.6 Å². The molecule has 0 bridgehead atoms. The Morgan fingerprint density at radius 2 is 2.28 bits per heavy atom. The fourth-order valence-corrected chi connectivity index (χ4v) is 3.27. The summed E-state index contributed by atoms with van der Waals surface area (Å²) >= 11 is 2.05. The van der Waals surface area contributed by atoms with E-state index >= 15 is 0 Å². The third-order valence-electron chi connectivity index (χ3n) is 3.31. The van der Waals surface area contributed by atoms with Crippen LogP contribution in [0.1, 0.15) is 31.8 Å². The van der Waals surface area contributed by atoms with Crippen LogP contribution in [0.3, 0.4) is 0 Å².